The van der Waals surface area contributed by atoms with Gasteiger partial charge in [0.1, 0.15) is 10.0 Å². The van der Waals surface area contributed by atoms with Gasteiger partial charge in [-0.05, 0) is 33.6 Å². The van der Waals surface area contributed by atoms with E-state index in [1.54, 1.807) is 6.07 Å². The molecule has 0 bridgehead atoms. The lowest BCUT2D eigenvalue weighted by Crippen LogP contribution is -2.05. The lowest BCUT2D eigenvalue weighted by Gasteiger charge is -2.10. The van der Waals surface area contributed by atoms with Crippen LogP contribution in [0.5, 0.6) is 11.5 Å². The molecule has 132 valence electrons. The number of nitrogens with one attached hydrogen (secondary N) is 1. The number of carboxylic acid groups (broad SMARTS) is 1. The smallest absolute Gasteiger partial charge is 0.356 e. The molecule has 1 heterocycles. The van der Waals surface area contributed by atoms with Gasteiger partial charge in [0.15, 0.2) is 22.3 Å². The normalized spacial score (nSPS) is 10.9. The molecule has 1 aromatic heterocycles. The van der Waals surface area contributed by atoms with Crippen LogP contribution in [0.3, 0.4) is 0 Å². The van der Waals surface area contributed by atoms with Crippen LogP contribution in [0.1, 0.15) is 16.1 Å². The number of hydrogen-bond donors (Lipinski definition) is 3. The van der Waals surface area contributed by atoms with E-state index in [9.17, 15) is 9.90 Å². The maximum Gasteiger partial charge on any atom is 0.356 e. The van der Waals surface area contributed by atoms with Crippen LogP contribution < -0.4 is 10.2 Å². The molecule has 0 saturated heterocycles. The fourth-order valence-corrected chi connectivity index (χ4v) is 2.88. The minimum atomic E-state index is -1.36. The zero-order chi connectivity index (χ0) is 18.7. The summed E-state index contributed by atoms with van der Waals surface area (Å²) in [6, 6.07) is 3.13. The summed E-state index contributed by atoms with van der Waals surface area (Å²) in [6.45, 7) is 0. The third kappa shape index (κ3) is 4.27. The molecule has 0 atom stereocenters. The van der Waals surface area contributed by atoms with Gasteiger partial charge in [-0.1, -0.05) is 34.8 Å². The quantitative estimate of drug-likeness (QED) is 0.334. The highest BCUT2D eigenvalue weighted by atomic mass is 79.9. The summed E-state index contributed by atoms with van der Waals surface area (Å²) in [7, 11) is 1.41. The van der Waals surface area contributed by atoms with Crippen LogP contribution in [-0.2, 0) is 0 Å². The fraction of sp³-hybridized carbons (Fsp3) is 0.0714. The van der Waals surface area contributed by atoms with Crippen LogP contribution >= 0.6 is 50.7 Å². The van der Waals surface area contributed by atoms with Crippen LogP contribution in [0.15, 0.2) is 21.7 Å². The van der Waals surface area contributed by atoms with E-state index in [0.29, 0.717) is 10.0 Å². The van der Waals surface area contributed by atoms with Gasteiger partial charge in [0.05, 0.1) is 23.5 Å². The summed E-state index contributed by atoms with van der Waals surface area (Å²) < 4.78 is 5.44. The van der Waals surface area contributed by atoms with Crippen molar-refractivity contribution >= 4 is 68.6 Å². The van der Waals surface area contributed by atoms with E-state index >= 15 is 0 Å². The number of carbonyl (C=O) groups is 1. The Morgan fingerprint density at radius 1 is 1.36 bits per heavy atom. The Morgan fingerprint density at radius 3 is 2.64 bits per heavy atom. The van der Waals surface area contributed by atoms with Gasteiger partial charge >= 0.3 is 5.97 Å². The van der Waals surface area contributed by atoms with Gasteiger partial charge in [-0.25, -0.2) is 9.78 Å². The highest BCUT2D eigenvalue weighted by Gasteiger charge is 2.20. The van der Waals surface area contributed by atoms with E-state index < -0.39 is 11.7 Å². The van der Waals surface area contributed by atoms with Crippen molar-refractivity contribution in [2.24, 2.45) is 5.10 Å². The van der Waals surface area contributed by atoms with Gasteiger partial charge < -0.3 is 14.9 Å². The summed E-state index contributed by atoms with van der Waals surface area (Å²) in [6.07, 6.45) is 1.38. The maximum atomic E-state index is 11.1. The minimum absolute atomic E-state index is 0.00166. The highest BCUT2D eigenvalue weighted by Crippen LogP contribution is 2.37. The third-order valence-corrected chi connectivity index (χ3v) is 4.61. The predicted molar refractivity (Wildman–Crippen MR) is 99.8 cm³/mol. The number of aromatic hydroxyl groups is 1. The van der Waals surface area contributed by atoms with Crippen molar-refractivity contribution in [1.82, 2.24) is 4.98 Å². The lowest BCUT2D eigenvalue weighted by atomic mass is 10.2. The Labute approximate surface area is 165 Å². The summed E-state index contributed by atoms with van der Waals surface area (Å²) in [5, 5.41) is 22.2. The molecule has 0 radical (unpaired) electrons. The zero-order valence-electron chi connectivity index (χ0n) is 12.3. The van der Waals surface area contributed by atoms with Crippen LogP contribution in [0, 0.1) is 0 Å². The van der Waals surface area contributed by atoms with E-state index in [4.69, 9.17) is 44.6 Å². The van der Waals surface area contributed by atoms with Crippen molar-refractivity contribution in [2.75, 3.05) is 12.5 Å². The van der Waals surface area contributed by atoms with Gasteiger partial charge in [-0.2, -0.15) is 5.10 Å². The number of carboxylic acids is 1. The van der Waals surface area contributed by atoms with Gasteiger partial charge in [-0.3, -0.25) is 5.43 Å². The Balaban J connectivity index is 2.34. The first kappa shape index (κ1) is 19.6. The Kier molecular flexibility index (Phi) is 6.34. The monoisotopic (exact) mass is 467 g/mol. The molecule has 2 aromatic rings. The van der Waals surface area contributed by atoms with E-state index in [2.05, 4.69) is 31.4 Å². The number of benzene rings is 1. The van der Waals surface area contributed by atoms with Crippen molar-refractivity contribution in [3.05, 3.63) is 43.1 Å². The molecule has 0 unspecified atom stereocenters. The standard InChI is InChI=1S/C14H9BrCl3N3O4/c1-25-7-3-5(2-6(15)12(7)22)4-19-21-10-8(16)11(14(23)24)20-13(18)9(10)17/h2-4,22H,1H3,(H,20,21)(H,23,24)/b19-4+. The molecular weight excluding hydrogens is 460 g/mol. The maximum absolute atomic E-state index is 11.1. The van der Waals surface area contributed by atoms with Gasteiger partial charge in [0.25, 0.3) is 0 Å². The average molecular weight is 470 g/mol. The summed E-state index contributed by atoms with van der Waals surface area (Å²) in [5.74, 6) is -1.17. The number of hydrazone groups is 1. The number of ether oxygens (including phenoxy) is 1. The number of methoxy groups -OCH3 is 1. The van der Waals surface area contributed by atoms with Crippen LogP contribution in [0.2, 0.25) is 15.2 Å². The minimum Gasteiger partial charge on any atom is -0.503 e. The van der Waals surface area contributed by atoms with Crippen LogP contribution in [-0.4, -0.2) is 34.5 Å². The summed E-state index contributed by atoms with van der Waals surface area (Å²) >= 11 is 20.9. The number of phenols is 1. The van der Waals surface area contributed by atoms with Gasteiger partial charge in [0.2, 0.25) is 0 Å². The van der Waals surface area contributed by atoms with E-state index in [1.165, 1.54) is 19.4 Å². The first-order chi connectivity index (χ1) is 11.8. The molecule has 0 spiro atoms. The molecule has 25 heavy (non-hydrogen) atoms. The average Bonchev–Trinajstić information content (AvgIpc) is 2.56. The third-order valence-electron chi connectivity index (χ3n) is 2.90. The molecule has 0 amide bonds. The lowest BCUT2D eigenvalue weighted by molar-refractivity contribution is 0.0691. The second-order valence-electron chi connectivity index (χ2n) is 4.48. The fourth-order valence-electron chi connectivity index (χ4n) is 1.75. The first-order valence-corrected chi connectivity index (χ1v) is 8.32. The zero-order valence-corrected chi connectivity index (χ0v) is 16.2. The van der Waals surface area contributed by atoms with Gasteiger partial charge in [0, 0.05) is 0 Å². The second-order valence-corrected chi connectivity index (χ2v) is 6.45. The Morgan fingerprint density at radius 2 is 2.04 bits per heavy atom. The van der Waals surface area contributed by atoms with E-state index in [1.807, 2.05) is 0 Å². The van der Waals surface area contributed by atoms with Crippen LogP contribution in [0.25, 0.3) is 0 Å². The number of nitrogens with zero attached hydrogens (tertiary/aromatic N) is 2. The topological polar surface area (TPSA) is 104 Å². The van der Waals surface area contributed by atoms with Crippen molar-refractivity contribution in [3.8, 4) is 11.5 Å². The number of rotatable bonds is 5. The summed E-state index contributed by atoms with van der Waals surface area (Å²) in [5.41, 5.74) is 2.65. The molecule has 1 aromatic carbocycles. The van der Waals surface area contributed by atoms with E-state index in [-0.39, 0.29) is 32.4 Å². The number of hydrogen-bond acceptors (Lipinski definition) is 6. The highest BCUT2D eigenvalue weighted by molar-refractivity contribution is 9.10. The number of halogens is 4. The van der Waals surface area contributed by atoms with Gasteiger partial charge in [-0.15, -0.1) is 0 Å². The van der Waals surface area contributed by atoms with Crippen molar-refractivity contribution in [2.45, 2.75) is 0 Å². The largest absolute Gasteiger partial charge is 0.503 e. The molecular formula is C14H9BrCl3N3O4. The number of aromatic carboxylic acids is 1. The number of phenolic OH excluding ortho intramolecular Hbond substituents is 1. The molecule has 0 fully saturated rings. The number of anilines is 1. The van der Waals surface area contributed by atoms with Crippen molar-refractivity contribution in [3.63, 3.8) is 0 Å². The number of aromatic nitrogens is 1. The molecule has 3 N–H and O–H groups in total. The van der Waals surface area contributed by atoms with Crippen molar-refractivity contribution in [1.29, 1.82) is 0 Å². The Hall–Kier alpha value is -1.74. The van der Waals surface area contributed by atoms with Crippen LogP contribution in [0.4, 0.5) is 5.69 Å². The first-order valence-electron chi connectivity index (χ1n) is 6.39. The molecule has 0 aliphatic heterocycles. The molecule has 0 aliphatic rings. The van der Waals surface area contributed by atoms with Crippen molar-refractivity contribution < 1.29 is 19.7 Å². The number of pyridine rings is 1. The molecule has 0 saturated carbocycles. The van der Waals surface area contributed by atoms with E-state index in [0.717, 1.165) is 0 Å². The molecule has 0 aliphatic carbocycles. The molecule has 11 heteroatoms. The molecule has 7 nitrogen and oxygen atoms in total. The Bertz CT molecular complexity index is 877. The second kappa shape index (κ2) is 8.09. The molecule has 2 rings (SSSR count). The predicted octanol–water partition coefficient (Wildman–Crippen LogP) is 4.66. The SMILES string of the molecule is COc1cc(/C=N/Nc2c(Cl)c(Cl)nc(C(=O)O)c2Cl)cc(Br)c1O. The summed E-state index contributed by atoms with van der Waals surface area (Å²) in [4.78, 5) is 14.7.